The molecule has 2 bridgehead atoms. The third kappa shape index (κ3) is 13.6. The van der Waals surface area contributed by atoms with E-state index >= 15 is 0 Å². The molecule has 52 heavy (non-hydrogen) atoms. The van der Waals surface area contributed by atoms with Crippen LogP contribution in [0.5, 0.6) is 0 Å². The first-order valence-corrected chi connectivity index (χ1v) is 19.4. The summed E-state index contributed by atoms with van der Waals surface area (Å²) in [5.74, 6) is -1.81. The van der Waals surface area contributed by atoms with E-state index in [-0.39, 0.29) is 55.1 Å². The summed E-state index contributed by atoms with van der Waals surface area (Å²) in [7, 11) is 6.62. The van der Waals surface area contributed by atoms with Crippen LogP contribution in [-0.2, 0) is 38.0 Å². The van der Waals surface area contributed by atoms with Crippen LogP contribution in [0.25, 0.3) is 0 Å². The minimum Gasteiger partial charge on any atom is -0.458 e. The van der Waals surface area contributed by atoms with Gasteiger partial charge in [0.15, 0.2) is 0 Å². The number of cyclic esters (lactones) is 1. The molecule has 3 heterocycles. The van der Waals surface area contributed by atoms with Crippen LogP contribution in [0.1, 0.15) is 92.4 Å². The predicted molar refractivity (Wildman–Crippen MR) is 200 cm³/mol. The second kappa shape index (κ2) is 22.6. The molecule has 0 saturated carbocycles. The molecule has 0 aromatic rings. The van der Waals surface area contributed by atoms with E-state index in [0.29, 0.717) is 32.1 Å². The Morgan fingerprint density at radius 3 is 2.23 bits per heavy atom. The highest BCUT2D eigenvalue weighted by atomic mass is 16.6. The summed E-state index contributed by atoms with van der Waals surface area (Å²) in [6, 6.07) is 0. The second-order valence-corrected chi connectivity index (χ2v) is 15.6. The minimum absolute atomic E-state index is 0.0598. The third-order valence-electron chi connectivity index (χ3n) is 11.7. The standard InChI is InChI=1S/C41H70O11/c1-25-13-16-30(43)20-31-11-10-12-32(51-31)22-37(48-8)35(24-42)38(49-9)23-36(47-7)28(4)41(52-39(44)18-14-25)29(5)40(45)26(2)15-17-33-21-34(46-6)19-27(3)50-33/h10-11,13-14,18,26-38,40-43,45H,12,15-17,19-24H2,1-9H3. The van der Waals surface area contributed by atoms with Crippen molar-refractivity contribution in [2.45, 2.75) is 160 Å². The Bertz CT molecular complexity index is 1130. The maximum atomic E-state index is 13.4. The van der Waals surface area contributed by atoms with E-state index in [1.165, 1.54) is 6.08 Å². The predicted octanol–water partition coefficient (Wildman–Crippen LogP) is 5.33. The summed E-state index contributed by atoms with van der Waals surface area (Å²) in [4.78, 5) is 13.4. The van der Waals surface area contributed by atoms with Crippen molar-refractivity contribution in [2.75, 3.05) is 35.0 Å². The molecule has 0 spiro atoms. The van der Waals surface area contributed by atoms with E-state index in [1.807, 2.05) is 39.8 Å². The van der Waals surface area contributed by atoms with Gasteiger partial charge in [0, 0.05) is 71.5 Å². The summed E-state index contributed by atoms with van der Waals surface area (Å²) >= 11 is 0. The molecule has 1 fully saturated rings. The lowest BCUT2D eigenvalue weighted by atomic mass is 9.78. The highest BCUT2D eigenvalue weighted by molar-refractivity contribution is 5.82. The number of carbonyl (C=O) groups excluding carboxylic acids is 1. The fraction of sp³-hybridized carbons (Fsp3) is 0.829. The lowest BCUT2D eigenvalue weighted by molar-refractivity contribution is -0.159. The quantitative estimate of drug-likeness (QED) is 0.187. The summed E-state index contributed by atoms with van der Waals surface area (Å²) in [5.41, 5.74) is 0.820. The Labute approximate surface area is 313 Å². The van der Waals surface area contributed by atoms with Crippen molar-refractivity contribution in [1.29, 1.82) is 0 Å². The summed E-state index contributed by atoms with van der Waals surface area (Å²) in [6.07, 6.45) is 11.3. The fourth-order valence-corrected chi connectivity index (χ4v) is 8.34. The molecule has 11 nitrogen and oxygen atoms in total. The van der Waals surface area contributed by atoms with Crippen molar-refractivity contribution in [1.82, 2.24) is 0 Å². The highest BCUT2D eigenvalue weighted by Crippen LogP contribution is 2.34. The number of allylic oxidation sites excluding steroid dienone is 2. The van der Waals surface area contributed by atoms with Crippen LogP contribution in [0.2, 0.25) is 0 Å². The van der Waals surface area contributed by atoms with Crippen LogP contribution in [-0.4, -0.2) is 123 Å². The molecule has 3 N–H and O–H groups in total. The summed E-state index contributed by atoms with van der Waals surface area (Å²) in [6.45, 7) is 9.70. The molecule has 1 saturated heterocycles. The largest absolute Gasteiger partial charge is 0.458 e. The molecule has 15 unspecified atom stereocenters. The Morgan fingerprint density at radius 2 is 1.58 bits per heavy atom. The molecule has 15 atom stereocenters. The number of carbonyl (C=O) groups is 1. The molecule has 300 valence electrons. The van der Waals surface area contributed by atoms with Gasteiger partial charge in [0.25, 0.3) is 0 Å². The number of aliphatic hydroxyl groups is 3. The first-order chi connectivity index (χ1) is 24.8. The van der Waals surface area contributed by atoms with Crippen LogP contribution in [0.15, 0.2) is 36.0 Å². The molecule has 3 aliphatic heterocycles. The van der Waals surface area contributed by atoms with Gasteiger partial charge in [-0.3, -0.25) is 0 Å². The monoisotopic (exact) mass is 738 g/mol. The van der Waals surface area contributed by atoms with Gasteiger partial charge in [0.1, 0.15) is 6.10 Å². The van der Waals surface area contributed by atoms with Crippen molar-refractivity contribution in [2.24, 2.45) is 23.7 Å². The molecule has 3 rings (SSSR count). The number of ether oxygens (including phenoxy) is 7. The number of hydrogen-bond acceptors (Lipinski definition) is 11. The zero-order valence-corrected chi connectivity index (χ0v) is 33.2. The molecule has 3 aliphatic rings. The Kier molecular flexibility index (Phi) is 19.5. The van der Waals surface area contributed by atoms with Crippen molar-refractivity contribution >= 4 is 5.97 Å². The Balaban J connectivity index is 1.89. The lowest BCUT2D eigenvalue weighted by Gasteiger charge is -2.40. The average molecular weight is 739 g/mol. The zero-order valence-electron chi connectivity index (χ0n) is 33.2. The van der Waals surface area contributed by atoms with Gasteiger partial charge in [0.05, 0.1) is 67.6 Å². The van der Waals surface area contributed by atoms with Gasteiger partial charge in [-0.05, 0) is 58.3 Å². The van der Waals surface area contributed by atoms with E-state index in [4.69, 9.17) is 33.2 Å². The Hall–Kier alpha value is -1.67. The Morgan fingerprint density at radius 1 is 0.885 bits per heavy atom. The van der Waals surface area contributed by atoms with Crippen LogP contribution >= 0.6 is 0 Å². The maximum absolute atomic E-state index is 13.4. The van der Waals surface area contributed by atoms with Gasteiger partial charge in [-0.1, -0.05) is 50.6 Å². The summed E-state index contributed by atoms with van der Waals surface area (Å²) < 4.78 is 42.5. The number of fused-ring (bicyclic) bond motifs is 2. The van der Waals surface area contributed by atoms with Gasteiger partial charge in [-0.15, -0.1) is 0 Å². The molecule has 0 aromatic heterocycles. The van der Waals surface area contributed by atoms with Crippen molar-refractivity contribution < 1.29 is 53.3 Å². The molecule has 0 amide bonds. The molecule has 0 aromatic carbocycles. The average Bonchev–Trinajstić information content (AvgIpc) is 3.13. The van der Waals surface area contributed by atoms with Crippen LogP contribution < -0.4 is 0 Å². The fourth-order valence-electron chi connectivity index (χ4n) is 8.34. The van der Waals surface area contributed by atoms with Gasteiger partial charge in [0.2, 0.25) is 0 Å². The molecule has 0 aliphatic carbocycles. The molecule has 11 heteroatoms. The lowest BCUT2D eigenvalue weighted by Crippen LogP contribution is -2.47. The van der Waals surface area contributed by atoms with Crippen molar-refractivity contribution in [3.63, 3.8) is 0 Å². The van der Waals surface area contributed by atoms with E-state index < -0.39 is 48.3 Å². The number of esters is 1. The molecular weight excluding hydrogens is 668 g/mol. The number of hydrogen-bond donors (Lipinski definition) is 3. The van der Waals surface area contributed by atoms with E-state index in [1.54, 1.807) is 34.5 Å². The zero-order chi connectivity index (χ0) is 38.4. The van der Waals surface area contributed by atoms with Crippen LogP contribution in [0.4, 0.5) is 0 Å². The number of aliphatic hydroxyl groups excluding tert-OH is 3. The van der Waals surface area contributed by atoms with Gasteiger partial charge < -0.3 is 48.5 Å². The summed E-state index contributed by atoms with van der Waals surface area (Å²) in [5, 5.41) is 33.3. The van der Waals surface area contributed by atoms with Crippen LogP contribution in [0, 0.1) is 23.7 Å². The first-order valence-electron chi connectivity index (χ1n) is 19.4. The van der Waals surface area contributed by atoms with E-state index in [2.05, 4.69) is 13.0 Å². The first kappa shape index (κ1) is 44.7. The SMILES string of the molecule is COC1CC(C)OC(CCC(C)C(O)C(C)C2OC(=O)C=CC(C)=CCC(O)CC3C=CCC(CC(OC)C(CO)C(OC)CC(OC)C2C)O3)C1. The van der Waals surface area contributed by atoms with Crippen molar-refractivity contribution in [3.05, 3.63) is 36.0 Å². The maximum Gasteiger partial charge on any atom is 0.331 e. The van der Waals surface area contributed by atoms with E-state index in [9.17, 15) is 20.1 Å². The third-order valence-corrected chi connectivity index (χ3v) is 11.7. The topological polar surface area (TPSA) is 142 Å². The second-order valence-electron chi connectivity index (χ2n) is 15.6. The number of methoxy groups -OCH3 is 4. The van der Waals surface area contributed by atoms with Gasteiger partial charge >= 0.3 is 5.97 Å². The normalized spacial score (nSPS) is 37.8. The van der Waals surface area contributed by atoms with Gasteiger partial charge in [-0.2, -0.15) is 0 Å². The van der Waals surface area contributed by atoms with Gasteiger partial charge in [-0.25, -0.2) is 4.79 Å². The van der Waals surface area contributed by atoms with Crippen molar-refractivity contribution in [3.8, 4) is 0 Å². The number of rotatable bonds is 11. The highest BCUT2D eigenvalue weighted by Gasteiger charge is 2.41. The van der Waals surface area contributed by atoms with Crippen LogP contribution in [0.3, 0.4) is 0 Å². The molecule has 0 radical (unpaired) electrons. The smallest absolute Gasteiger partial charge is 0.331 e. The van der Waals surface area contributed by atoms with E-state index in [0.717, 1.165) is 31.3 Å². The minimum atomic E-state index is -0.774. The molecular formula is C41H70O11.